The van der Waals surface area contributed by atoms with Crippen molar-refractivity contribution >= 4 is 11.8 Å². The molecule has 5 aliphatic rings. The van der Waals surface area contributed by atoms with Crippen LogP contribution in [0.2, 0.25) is 0 Å². The summed E-state index contributed by atoms with van der Waals surface area (Å²) in [7, 11) is 0. The Morgan fingerprint density at radius 2 is 1.93 bits per heavy atom. The zero-order valence-corrected chi connectivity index (χ0v) is 18.2. The third-order valence-corrected chi connectivity index (χ3v) is 7.91. The van der Waals surface area contributed by atoms with Crippen LogP contribution in [0.4, 0.5) is 0 Å². The average molecular weight is 421 g/mol. The van der Waals surface area contributed by atoms with Crippen LogP contribution in [-0.2, 0) is 14.3 Å². The quantitative estimate of drug-likeness (QED) is 0.586. The minimum atomic E-state index is -0.294. The molecule has 0 radical (unpaired) electrons. The van der Waals surface area contributed by atoms with Crippen molar-refractivity contribution < 1.29 is 14.3 Å². The molecular formula is C21H36N6O3. The SMILES string of the molecule is CC(=O)N1C2CCC(C3CCC4NNCN4N3)CC2N(C(=O)C2CCCO2)C[C@@H]1C. The maximum atomic E-state index is 13.4. The van der Waals surface area contributed by atoms with Gasteiger partial charge in [-0.05, 0) is 57.8 Å². The normalized spacial score (nSPS) is 42.1. The zero-order chi connectivity index (χ0) is 20.8. The van der Waals surface area contributed by atoms with Gasteiger partial charge in [-0.15, -0.1) is 0 Å². The maximum Gasteiger partial charge on any atom is 0.252 e. The summed E-state index contributed by atoms with van der Waals surface area (Å²) >= 11 is 0. The van der Waals surface area contributed by atoms with Gasteiger partial charge in [0, 0.05) is 32.2 Å². The fourth-order valence-corrected chi connectivity index (χ4v) is 6.53. The Hall–Kier alpha value is -1.26. The third kappa shape index (κ3) is 3.64. The summed E-state index contributed by atoms with van der Waals surface area (Å²) in [5, 5.41) is 2.26. The van der Waals surface area contributed by atoms with Crippen LogP contribution in [-0.4, -0.2) is 82.9 Å². The van der Waals surface area contributed by atoms with Crippen molar-refractivity contribution in [2.75, 3.05) is 19.8 Å². The third-order valence-electron chi connectivity index (χ3n) is 7.91. The van der Waals surface area contributed by atoms with Crippen LogP contribution < -0.4 is 16.3 Å². The van der Waals surface area contributed by atoms with E-state index in [-0.39, 0.29) is 36.0 Å². The highest BCUT2D eigenvalue weighted by Gasteiger charge is 2.49. The lowest BCUT2D eigenvalue weighted by Crippen LogP contribution is -2.68. The van der Waals surface area contributed by atoms with E-state index < -0.39 is 0 Å². The van der Waals surface area contributed by atoms with E-state index in [0.717, 1.165) is 51.6 Å². The summed E-state index contributed by atoms with van der Waals surface area (Å²) in [6.45, 7) is 5.86. The van der Waals surface area contributed by atoms with E-state index in [1.165, 1.54) is 0 Å². The number of amides is 2. The van der Waals surface area contributed by atoms with Crippen LogP contribution in [0.5, 0.6) is 0 Å². The van der Waals surface area contributed by atoms with Crippen LogP contribution in [0, 0.1) is 5.92 Å². The molecule has 6 unspecified atom stereocenters. The average Bonchev–Trinajstić information content (AvgIpc) is 3.43. The first-order valence-electron chi connectivity index (χ1n) is 11.7. The second kappa shape index (κ2) is 8.35. The second-order valence-corrected chi connectivity index (χ2v) is 9.75. The molecule has 4 heterocycles. The standard InChI is InChI=1S/C21H36N6O3/c1-13-11-25(21(29)19-4-3-9-30-19)18-10-15(5-7-17(18)27(13)14(2)28)16-6-8-20-23-22-12-26(20)24-16/h13,15-20,22-24H,3-12H2,1-2H3/t13-,15?,16?,17?,18?,19?,20?/m0/s1. The lowest BCUT2D eigenvalue weighted by Gasteiger charge is -2.55. The molecule has 4 aliphatic heterocycles. The molecular weight excluding hydrogens is 384 g/mol. The fourth-order valence-electron chi connectivity index (χ4n) is 6.53. The van der Waals surface area contributed by atoms with Crippen molar-refractivity contribution in [2.24, 2.45) is 5.92 Å². The van der Waals surface area contributed by atoms with Gasteiger partial charge in [0.05, 0.1) is 24.9 Å². The van der Waals surface area contributed by atoms with Gasteiger partial charge in [0.15, 0.2) is 0 Å². The van der Waals surface area contributed by atoms with E-state index >= 15 is 0 Å². The van der Waals surface area contributed by atoms with Gasteiger partial charge in [0.25, 0.3) is 5.91 Å². The Labute approximate surface area is 178 Å². The van der Waals surface area contributed by atoms with Crippen molar-refractivity contribution in [3.8, 4) is 0 Å². The Morgan fingerprint density at radius 1 is 1.07 bits per heavy atom. The van der Waals surface area contributed by atoms with Crippen LogP contribution in [0.1, 0.15) is 58.8 Å². The summed E-state index contributed by atoms with van der Waals surface area (Å²) in [5.41, 5.74) is 10.2. The second-order valence-electron chi connectivity index (χ2n) is 9.75. The first-order valence-corrected chi connectivity index (χ1v) is 11.7. The van der Waals surface area contributed by atoms with Crippen molar-refractivity contribution in [1.82, 2.24) is 31.1 Å². The van der Waals surface area contributed by atoms with Crippen LogP contribution in [0.3, 0.4) is 0 Å². The molecule has 9 heteroatoms. The van der Waals surface area contributed by atoms with Gasteiger partial charge in [-0.25, -0.2) is 21.3 Å². The number of carbonyl (C=O) groups is 2. The number of fused-ring (bicyclic) bond motifs is 2. The lowest BCUT2D eigenvalue weighted by molar-refractivity contribution is -0.160. The first kappa shape index (κ1) is 20.6. The largest absolute Gasteiger partial charge is 0.368 e. The number of piperazine rings is 1. The van der Waals surface area contributed by atoms with Gasteiger partial charge < -0.3 is 14.5 Å². The van der Waals surface area contributed by atoms with Gasteiger partial charge >= 0.3 is 0 Å². The predicted molar refractivity (Wildman–Crippen MR) is 111 cm³/mol. The van der Waals surface area contributed by atoms with Gasteiger partial charge in [-0.3, -0.25) is 9.59 Å². The summed E-state index contributed by atoms with van der Waals surface area (Å²) in [6.07, 6.45) is 7.11. The van der Waals surface area contributed by atoms with Crippen LogP contribution in [0.15, 0.2) is 0 Å². The fraction of sp³-hybridized carbons (Fsp3) is 0.905. The molecule has 9 nitrogen and oxygen atoms in total. The summed E-state index contributed by atoms with van der Waals surface area (Å²) in [4.78, 5) is 30.0. The van der Waals surface area contributed by atoms with Crippen LogP contribution in [0.25, 0.3) is 0 Å². The predicted octanol–water partition coefficient (Wildman–Crippen LogP) is 0.142. The van der Waals surface area contributed by atoms with Crippen molar-refractivity contribution in [2.45, 2.75) is 95.2 Å². The molecule has 1 saturated carbocycles. The Kier molecular flexibility index (Phi) is 5.74. The van der Waals surface area contributed by atoms with Crippen molar-refractivity contribution in [1.29, 1.82) is 0 Å². The number of rotatable bonds is 2. The van der Waals surface area contributed by atoms with E-state index in [1.54, 1.807) is 6.92 Å². The molecule has 3 N–H and O–H groups in total. The molecule has 168 valence electrons. The van der Waals surface area contributed by atoms with E-state index in [9.17, 15) is 9.59 Å². The Balaban J connectivity index is 1.34. The topological polar surface area (TPSA) is 89.2 Å². The number of hydrazine groups is 2. The van der Waals surface area contributed by atoms with E-state index in [1.807, 2.05) is 0 Å². The molecule has 5 fully saturated rings. The van der Waals surface area contributed by atoms with E-state index in [2.05, 4.69) is 38.0 Å². The molecule has 0 aromatic heterocycles. The number of hydrogen-bond donors (Lipinski definition) is 3. The highest BCUT2D eigenvalue weighted by atomic mass is 16.5. The minimum absolute atomic E-state index is 0.0564. The molecule has 0 spiro atoms. The van der Waals surface area contributed by atoms with Crippen molar-refractivity contribution in [3.63, 3.8) is 0 Å². The zero-order valence-electron chi connectivity index (χ0n) is 18.2. The van der Waals surface area contributed by atoms with Gasteiger partial charge in [0.2, 0.25) is 5.91 Å². The molecule has 2 amide bonds. The van der Waals surface area contributed by atoms with E-state index in [0.29, 0.717) is 31.3 Å². The number of nitrogens with zero attached hydrogens (tertiary/aromatic N) is 3. The first-order chi connectivity index (χ1) is 14.5. The monoisotopic (exact) mass is 420 g/mol. The molecule has 7 atom stereocenters. The molecule has 0 bridgehead atoms. The van der Waals surface area contributed by atoms with Gasteiger partial charge in [0.1, 0.15) is 6.10 Å². The Morgan fingerprint density at radius 3 is 2.70 bits per heavy atom. The number of nitrogens with one attached hydrogen (secondary N) is 3. The van der Waals surface area contributed by atoms with E-state index in [4.69, 9.17) is 4.74 Å². The lowest BCUT2D eigenvalue weighted by atomic mass is 9.74. The molecule has 0 aromatic carbocycles. The highest BCUT2D eigenvalue weighted by Crippen LogP contribution is 2.39. The van der Waals surface area contributed by atoms with Gasteiger partial charge in [-0.2, -0.15) is 0 Å². The summed E-state index contributed by atoms with van der Waals surface area (Å²) in [6, 6.07) is 0.698. The summed E-state index contributed by atoms with van der Waals surface area (Å²) < 4.78 is 5.74. The molecule has 0 aromatic rings. The minimum Gasteiger partial charge on any atom is -0.368 e. The number of hydrogen-bond acceptors (Lipinski definition) is 7. The molecule has 4 saturated heterocycles. The van der Waals surface area contributed by atoms with Crippen molar-refractivity contribution in [3.05, 3.63) is 0 Å². The van der Waals surface area contributed by atoms with Crippen LogP contribution >= 0.6 is 0 Å². The Bertz CT molecular complexity index is 671. The smallest absolute Gasteiger partial charge is 0.252 e. The highest BCUT2D eigenvalue weighted by molar-refractivity contribution is 5.82. The number of carbonyl (C=O) groups excluding carboxylic acids is 2. The molecule has 1 aliphatic carbocycles. The molecule has 30 heavy (non-hydrogen) atoms. The molecule has 5 rings (SSSR count). The number of ether oxygens (including phenoxy) is 1. The van der Waals surface area contributed by atoms with Gasteiger partial charge in [-0.1, -0.05) is 0 Å². The maximum absolute atomic E-state index is 13.4. The summed E-state index contributed by atoms with van der Waals surface area (Å²) in [5.74, 6) is 0.783.